The molecule has 3 nitrogen and oxygen atoms in total. The van der Waals surface area contributed by atoms with Crippen molar-refractivity contribution in [2.24, 2.45) is 5.92 Å². The summed E-state index contributed by atoms with van der Waals surface area (Å²) in [4.78, 5) is 1.09. The SMILES string of the molecule is CCc1ccc(S(=O)(=O)NC(CBr)C(C)C)s1. The third-order valence-electron chi connectivity index (χ3n) is 2.53. The van der Waals surface area contributed by atoms with Gasteiger partial charge in [0.2, 0.25) is 10.0 Å². The number of aryl methyl sites for hydroxylation is 1. The lowest BCUT2D eigenvalue weighted by atomic mass is 10.1. The van der Waals surface area contributed by atoms with Gasteiger partial charge in [-0.05, 0) is 24.5 Å². The van der Waals surface area contributed by atoms with Gasteiger partial charge in [0.15, 0.2) is 0 Å². The zero-order chi connectivity index (χ0) is 13.1. The van der Waals surface area contributed by atoms with Crippen molar-refractivity contribution < 1.29 is 8.42 Å². The normalized spacial score (nSPS) is 14.2. The second kappa shape index (κ2) is 6.31. The molecule has 1 aromatic heterocycles. The number of rotatable bonds is 6. The average Bonchev–Trinajstić information content (AvgIpc) is 2.74. The van der Waals surface area contributed by atoms with E-state index in [1.807, 2.05) is 26.8 Å². The topological polar surface area (TPSA) is 46.2 Å². The van der Waals surface area contributed by atoms with E-state index in [1.54, 1.807) is 6.07 Å². The van der Waals surface area contributed by atoms with Crippen molar-refractivity contribution in [3.8, 4) is 0 Å². The number of sulfonamides is 1. The number of thiophene rings is 1. The van der Waals surface area contributed by atoms with E-state index in [4.69, 9.17) is 0 Å². The molecule has 0 aromatic carbocycles. The first-order valence-corrected chi connectivity index (χ1v) is 8.99. The number of alkyl halides is 1. The van der Waals surface area contributed by atoms with Gasteiger partial charge >= 0.3 is 0 Å². The second-order valence-electron chi connectivity index (χ2n) is 4.20. The van der Waals surface area contributed by atoms with Gasteiger partial charge < -0.3 is 0 Å². The summed E-state index contributed by atoms with van der Waals surface area (Å²) < 4.78 is 27.4. The van der Waals surface area contributed by atoms with Crippen molar-refractivity contribution in [1.29, 1.82) is 0 Å². The molecule has 17 heavy (non-hydrogen) atoms. The van der Waals surface area contributed by atoms with E-state index in [9.17, 15) is 8.42 Å². The van der Waals surface area contributed by atoms with Gasteiger partial charge in [0.05, 0.1) is 0 Å². The van der Waals surface area contributed by atoms with Gasteiger partial charge in [-0.1, -0.05) is 36.7 Å². The van der Waals surface area contributed by atoms with Gasteiger partial charge in [0.25, 0.3) is 0 Å². The predicted octanol–water partition coefficient (Wildman–Crippen LogP) is 3.01. The van der Waals surface area contributed by atoms with Crippen LogP contribution in [0.3, 0.4) is 0 Å². The highest BCUT2D eigenvalue weighted by atomic mass is 79.9. The van der Waals surface area contributed by atoms with Gasteiger partial charge in [-0.15, -0.1) is 11.3 Å². The highest BCUT2D eigenvalue weighted by Gasteiger charge is 2.22. The minimum Gasteiger partial charge on any atom is -0.206 e. The first-order chi connectivity index (χ1) is 7.90. The fourth-order valence-electron chi connectivity index (χ4n) is 1.30. The van der Waals surface area contributed by atoms with Crippen molar-refractivity contribution in [2.45, 2.75) is 37.4 Å². The maximum atomic E-state index is 12.1. The number of nitrogens with one attached hydrogen (secondary N) is 1. The molecule has 1 aromatic rings. The Morgan fingerprint density at radius 2 is 2.06 bits per heavy atom. The summed E-state index contributed by atoms with van der Waals surface area (Å²) in [6.07, 6.45) is 0.867. The summed E-state index contributed by atoms with van der Waals surface area (Å²) in [5, 5.41) is 0.621. The van der Waals surface area contributed by atoms with E-state index in [-0.39, 0.29) is 12.0 Å². The van der Waals surface area contributed by atoms with Crippen molar-refractivity contribution in [2.75, 3.05) is 5.33 Å². The van der Waals surface area contributed by atoms with Crippen molar-refractivity contribution >= 4 is 37.3 Å². The van der Waals surface area contributed by atoms with Crippen molar-refractivity contribution in [3.05, 3.63) is 17.0 Å². The molecule has 0 radical (unpaired) electrons. The van der Waals surface area contributed by atoms with E-state index >= 15 is 0 Å². The zero-order valence-electron chi connectivity index (χ0n) is 10.2. The van der Waals surface area contributed by atoms with Crippen molar-refractivity contribution in [1.82, 2.24) is 4.72 Å². The lowest BCUT2D eigenvalue weighted by molar-refractivity contribution is 0.484. The van der Waals surface area contributed by atoms with Gasteiger partial charge in [-0.3, -0.25) is 0 Å². The Balaban J connectivity index is 2.88. The molecule has 1 N–H and O–H groups in total. The van der Waals surface area contributed by atoms with Gasteiger partial charge in [0, 0.05) is 16.2 Å². The quantitative estimate of drug-likeness (QED) is 0.809. The highest BCUT2D eigenvalue weighted by molar-refractivity contribution is 9.09. The lowest BCUT2D eigenvalue weighted by Crippen LogP contribution is -2.39. The third-order valence-corrected chi connectivity index (χ3v) is 6.44. The maximum Gasteiger partial charge on any atom is 0.250 e. The predicted molar refractivity (Wildman–Crippen MR) is 76.4 cm³/mol. The standard InChI is InChI=1S/C11H18BrNO2S2/c1-4-9-5-6-11(16-9)17(14,15)13-10(7-12)8(2)3/h5-6,8,10,13H,4,7H2,1-3H3. The molecule has 1 unspecified atom stereocenters. The van der Waals surface area contributed by atoms with Gasteiger partial charge in [0.1, 0.15) is 4.21 Å². The molecule has 0 amide bonds. The van der Waals surface area contributed by atoms with E-state index in [0.29, 0.717) is 9.54 Å². The average molecular weight is 340 g/mol. The van der Waals surface area contributed by atoms with Crippen LogP contribution in [0.15, 0.2) is 16.3 Å². The van der Waals surface area contributed by atoms with E-state index < -0.39 is 10.0 Å². The summed E-state index contributed by atoms with van der Waals surface area (Å²) >= 11 is 4.68. The molecular weight excluding hydrogens is 322 g/mol. The van der Waals surface area contributed by atoms with Crippen LogP contribution < -0.4 is 4.72 Å². The molecule has 0 aliphatic rings. The molecule has 98 valence electrons. The minimum atomic E-state index is -3.37. The molecule has 0 saturated carbocycles. The first-order valence-electron chi connectivity index (χ1n) is 5.57. The molecule has 0 aliphatic carbocycles. The Bertz CT molecular complexity index is 454. The summed E-state index contributed by atoms with van der Waals surface area (Å²) in [6, 6.07) is 3.47. The number of hydrogen-bond donors (Lipinski definition) is 1. The smallest absolute Gasteiger partial charge is 0.206 e. The van der Waals surface area contributed by atoms with Crippen LogP contribution in [-0.4, -0.2) is 19.8 Å². The molecule has 1 heterocycles. The van der Waals surface area contributed by atoms with E-state index in [1.165, 1.54) is 11.3 Å². The molecule has 0 spiro atoms. The number of halogens is 1. The fraction of sp³-hybridized carbons (Fsp3) is 0.636. The van der Waals surface area contributed by atoms with Crippen LogP contribution in [0, 0.1) is 5.92 Å². The van der Waals surface area contributed by atoms with Crippen LogP contribution in [0.25, 0.3) is 0 Å². The molecule has 0 aliphatic heterocycles. The summed E-state index contributed by atoms with van der Waals surface area (Å²) in [7, 11) is -3.37. The summed E-state index contributed by atoms with van der Waals surface area (Å²) in [5.41, 5.74) is 0. The zero-order valence-corrected chi connectivity index (χ0v) is 13.5. The summed E-state index contributed by atoms with van der Waals surface area (Å²) in [5.74, 6) is 0.259. The van der Waals surface area contributed by atoms with Crippen LogP contribution in [0.4, 0.5) is 0 Å². The molecule has 0 saturated heterocycles. The minimum absolute atomic E-state index is 0.0767. The highest BCUT2D eigenvalue weighted by Crippen LogP contribution is 2.22. The van der Waals surface area contributed by atoms with Crippen molar-refractivity contribution in [3.63, 3.8) is 0 Å². The lowest BCUT2D eigenvalue weighted by Gasteiger charge is -2.19. The largest absolute Gasteiger partial charge is 0.250 e. The molecule has 1 atom stereocenters. The van der Waals surface area contributed by atoms with Crippen LogP contribution in [0.5, 0.6) is 0 Å². The van der Waals surface area contributed by atoms with Crippen LogP contribution >= 0.6 is 27.3 Å². The first kappa shape index (κ1) is 15.1. The van der Waals surface area contributed by atoms with Gasteiger partial charge in [-0.2, -0.15) is 0 Å². The Morgan fingerprint density at radius 1 is 1.41 bits per heavy atom. The monoisotopic (exact) mass is 339 g/mol. The fourth-order valence-corrected chi connectivity index (χ4v) is 5.12. The molecule has 1 rings (SSSR count). The summed E-state index contributed by atoms with van der Waals surface area (Å²) in [6.45, 7) is 6.02. The van der Waals surface area contributed by atoms with Crippen LogP contribution in [-0.2, 0) is 16.4 Å². The molecule has 0 bridgehead atoms. The molecule has 6 heteroatoms. The number of hydrogen-bond acceptors (Lipinski definition) is 3. The Morgan fingerprint density at radius 3 is 2.47 bits per heavy atom. The third kappa shape index (κ3) is 4.05. The molecule has 0 fully saturated rings. The van der Waals surface area contributed by atoms with Gasteiger partial charge in [-0.25, -0.2) is 13.1 Å². The van der Waals surface area contributed by atoms with Crippen LogP contribution in [0.2, 0.25) is 0 Å². The Labute approximate surface area is 116 Å². The van der Waals surface area contributed by atoms with Crippen LogP contribution in [0.1, 0.15) is 25.6 Å². The second-order valence-corrected chi connectivity index (χ2v) is 7.96. The van der Waals surface area contributed by atoms with E-state index in [0.717, 1.165) is 11.3 Å². The Kier molecular flexibility index (Phi) is 5.63. The maximum absolute atomic E-state index is 12.1. The Hall–Kier alpha value is 0.0900. The van der Waals surface area contributed by atoms with E-state index in [2.05, 4.69) is 20.7 Å². The molecular formula is C11H18BrNO2S2.